The van der Waals surface area contributed by atoms with Crippen molar-refractivity contribution in [2.24, 2.45) is 0 Å². The average molecular weight is 527 g/mol. The lowest BCUT2D eigenvalue weighted by molar-refractivity contribution is -0.274. The van der Waals surface area contributed by atoms with Gasteiger partial charge in [-0.1, -0.05) is 24.3 Å². The van der Waals surface area contributed by atoms with Crippen molar-refractivity contribution < 1.29 is 31.8 Å². The predicted molar refractivity (Wildman–Crippen MR) is 138 cm³/mol. The van der Waals surface area contributed by atoms with Gasteiger partial charge in [0.2, 0.25) is 0 Å². The first-order chi connectivity index (χ1) is 18.1. The molecule has 0 bridgehead atoms. The summed E-state index contributed by atoms with van der Waals surface area (Å²) >= 11 is 0. The lowest BCUT2D eigenvalue weighted by atomic mass is 9.98. The molecule has 38 heavy (non-hydrogen) atoms. The monoisotopic (exact) mass is 526 g/mol. The quantitative estimate of drug-likeness (QED) is 0.257. The molecule has 1 aromatic heterocycles. The highest BCUT2D eigenvalue weighted by Gasteiger charge is 2.31. The van der Waals surface area contributed by atoms with Gasteiger partial charge >= 0.3 is 6.36 Å². The number of alkyl halides is 3. The van der Waals surface area contributed by atoms with Crippen molar-refractivity contribution in [1.82, 2.24) is 4.98 Å². The molecule has 2 heterocycles. The maximum Gasteiger partial charge on any atom is 0.573 e. The number of hydrogen-bond acceptors (Lipinski definition) is 5. The summed E-state index contributed by atoms with van der Waals surface area (Å²) in [7, 11) is 1.51. The van der Waals surface area contributed by atoms with Crippen LogP contribution in [0.1, 0.15) is 13.8 Å². The third kappa shape index (κ3) is 5.38. The molecule has 0 spiro atoms. The number of methoxy groups -OCH3 is 1. The van der Waals surface area contributed by atoms with Gasteiger partial charge in [-0.05, 0) is 61.4 Å². The fraction of sp³-hybridized carbons (Fsp3) is 0.276. The highest BCUT2D eigenvalue weighted by molar-refractivity contribution is 6.00. The number of ether oxygens (including phenoxy) is 3. The van der Waals surface area contributed by atoms with E-state index in [2.05, 4.69) is 28.5 Å². The van der Waals surface area contributed by atoms with Gasteiger partial charge in [-0.25, -0.2) is 4.39 Å². The van der Waals surface area contributed by atoms with Gasteiger partial charge in [-0.2, -0.15) is 0 Å². The number of hydrogen-bond donors (Lipinski definition) is 0. The molecule has 4 aromatic rings. The number of morpholine rings is 1. The van der Waals surface area contributed by atoms with Gasteiger partial charge in [-0.15, -0.1) is 13.2 Å². The summed E-state index contributed by atoms with van der Waals surface area (Å²) in [5.74, 6) is -0.431. The van der Waals surface area contributed by atoms with Gasteiger partial charge in [0.05, 0.1) is 24.8 Å². The first-order valence-corrected chi connectivity index (χ1v) is 12.1. The maximum atomic E-state index is 14.8. The molecule has 5 nitrogen and oxygen atoms in total. The van der Waals surface area contributed by atoms with Crippen LogP contribution in [-0.2, 0) is 4.74 Å². The Labute approximate surface area is 217 Å². The van der Waals surface area contributed by atoms with Gasteiger partial charge in [0, 0.05) is 41.5 Å². The van der Waals surface area contributed by atoms with Crippen LogP contribution in [0.4, 0.5) is 23.2 Å². The fourth-order valence-corrected chi connectivity index (χ4v) is 4.97. The zero-order valence-corrected chi connectivity index (χ0v) is 21.1. The zero-order valence-electron chi connectivity index (χ0n) is 21.1. The molecule has 9 heteroatoms. The molecule has 0 amide bonds. The summed E-state index contributed by atoms with van der Waals surface area (Å²) in [5.41, 5.74) is 4.01. The molecule has 0 aliphatic carbocycles. The number of nitrogens with zero attached hydrogens (tertiary/aromatic N) is 2. The molecular formula is C29H26F4N2O3. The first-order valence-electron chi connectivity index (χ1n) is 12.1. The van der Waals surface area contributed by atoms with E-state index in [1.165, 1.54) is 43.5 Å². The van der Waals surface area contributed by atoms with E-state index in [0.29, 0.717) is 33.3 Å². The molecule has 0 unspecified atom stereocenters. The molecule has 1 fully saturated rings. The first kappa shape index (κ1) is 25.8. The van der Waals surface area contributed by atoms with Crippen LogP contribution >= 0.6 is 0 Å². The van der Waals surface area contributed by atoms with Crippen LogP contribution in [0.25, 0.3) is 33.2 Å². The molecule has 1 saturated heterocycles. The van der Waals surface area contributed by atoms with Crippen LogP contribution < -0.4 is 14.4 Å². The van der Waals surface area contributed by atoms with E-state index in [0.717, 1.165) is 24.3 Å². The second-order valence-electron chi connectivity index (χ2n) is 9.34. The summed E-state index contributed by atoms with van der Waals surface area (Å²) < 4.78 is 67.9. The van der Waals surface area contributed by atoms with Crippen LogP contribution in [0.3, 0.4) is 0 Å². The second-order valence-corrected chi connectivity index (χ2v) is 9.34. The van der Waals surface area contributed by atoms with Crippen molar-refractivity contribution in [3.63, 3.8) is 0 Å². The molecule has 0 radical (unpaired) electrons. The third-order valence-corrected chi connectivity index (χ3v) is 6.45. The second kappa shape index (κ2) is 10.1. The van der Waals surface area contributed by atoms with E-state index in [9.17, 15) is 17.6 Å². The molecule has 3 aromatic carbocycles. The summed E-state index contributed by atoms with van der Waals surface area (Å²) in [4.78, 5) is 6.90. The minimum absolute atomic E-state index is 0.140. The van der Waals surface area contributed by atoms with Crippen molar-refractivity contribution in [2.75, 3.05) is 25.1 Å². The lowest BCUT2D eigenvalue weighted by Crippen LogP contribution is -2.45. The summed E-state index contributed by atoms with van der Waals surface area (Å²) in [6.45, 7) is 5.72. The van der Waals surface area contributed by atoms with Crippen molar-refractivity contribution in [2.45, 2.75) is 32.4 Å². The highest BCUT2D eigenvalue weighted by atomic mass is 19.4. The highest BCUT2D eigenvalue weighted by Crippen LogP contribution is 2.40. The van der Waals surface area contributed by atoms with Crippen molar-refractivity contribution in [1.29, 1.82) is 0 Å². The van der Waals surface area contributed by atoms with Crippen LogP contribution in [-0.4, -0.2) is 43.8 Å². The number of benzene rings is 3. The lowest BCUT2D eigenvalue weighted by Gasteiger charge is -2.36. The van der Waals surface area contributed by atoms with Crippen molar-refractivity contribution in [3.05, 3.63) is 72.7 Å². The SMILES string of the molecule is COc1c(-c2ccc(N3C[C@@H](C)O[C@@H](C)C3)cc2)cnc2c(-c3ccc(OC(F)(F)F)cc3)cc(F)cc12. The van der Waals surface area contributed by atoms with Crippen LogP contribution in [0.2, 0.25) is 0 Å². The standard InChI is InChI=1S/C29H26F4N2O3/c1-17-15-35(16-18(2)37-17)22-8-4-20(5-9-22)26-14-34-27-24(12-21(30)13-25(27)28(26)36-3)19-6-10-23(11-7-19)38-29(31,32)33/h4-14,17-18H,15-16H2,1-3H3/t17-,18+. The van der Waals surface area contributed by atoms with Gasteiger partial charge in [0.25, 0.3) is 0 Å². The van der Waals surface area contributed by atoms with Crippen LogP contribution in [0, 0.1) is 5.82 Å². The minimum Gasteiger partial charge on any atom is -0.495 e. The molecule has 198 valence electrons. The van der Waals surface area contributed by atoms with Gasteiger partial charge in [-0.3, -0.25) is 4.98 Å². The Morgan fingerprint density at radius 1 is 0.895 bits per heavy atom. The van der Waals surface area contributed by atoms with Gasteiger partial charge in [0.15, 0.2) is 0 Å². The van der Waals surface area contributed by atoms with Gasteiger partial charge in [0.1, 0.15) is 17.3 Å². The maximum absolute atomic E-state index is 14.8. The van der Waals surface area contributed by atoms with E-state index >= 15 is 0 Å². The van der Waals surface area contributed by atoms with Crippen LogP contribution in [0.15, 0.2) is 66.9 Å². The number of pyridine rings is 1. The zero-order chi connectivity index (χ0) is 27.0. The number of fused-ring (bicyclic) bond motifs is 1. The number of anilines is 1. The molecule has 1 aliphatic rings. The number of halogens is 4. The normalized spacial score (nSPS) is 18.0. The van der Waals surface area contributed by atoms with Gasteiger partial charge < -0.3 is 19.1 Å². The summed E-state index contributed by atoms with van der Waals surface area (Å²) in [5, 5.41) is 0.454. The number of rotatable bonds is 5. The summed E-state index contributed by atoms with van der Waals surface area (Å²) in [6.07, 6.45) is -2.85. The number of aromatic nitrogens is 1. The largest absolute Gasteiger partial charge is 0.573 e. The van der Waals surface area contributed by atoms with Crippen molar-refractivity contribution in [3.8, 4) is 33.8 Å². The van der Waals surface area contributed by atoms with Crippen LogP contribution in [0.5, 0.6) is 11.5 Å². The van der Waals surface area contributed by atoms with E-state index in [-0.39, 0.29) is 18.0 Å². The molecule has 1 aliphatic heterocycles. The molecule has 0 saturated carbocycles. The van der Waals surface area contributed by atoms with E-state index in [1.54, 1.807) is 6.20 Å². The van der Waals surface area contributed by atoms with E-state index < -0.39 is 12.2 Å². The predicted octanol–water partition coefficient (Wildman–Crippen LogP) is 7.23. The Bertz CT molecular complexity index is 1430. The Balaban J connectivity index is 1.51. The minimum atomic E-state index is -4.80. The fourth-order valence-electron chi connectivity index (χ4n) is 4.97. The molecule has 0 N–H and O–H groups in total. The van der Waals surface area contributed by atoms with Crippen molar-refractivity contribution >= 4 is 16.6 Å². The van der Waals surface area contributed by atoms with E-state index in [4.69, 9.17) is 9.47 Å². The molecule has 2 atom stereocenters. The average Bonchev–Trinajstić information content (AvgIpc) is 2.86. The molecular weight excluding hydrogens is 500 g/mol. The Hall–Kier alpha value is -3.85. The third-order valence-electron chi connectivity index (χ3n) is 6.45. The topological polar surface area (TPSA) is 43.8 Å². The Kier molecular flexibility index (Phi) is 6.88. The molecule has 5 rings (SSSR count). The Morgan fingerprint density at radius 3 is 2.11 bits per heavy atom. The Morgan fingerprint density at radius 2 is 1.50 bits per heavy atom. The summed E-state index contributed by atoms with van der Waals surface area (Å²) in [6, 6.07) is 15.9. The van der Waals surface area contributed by atoms with E-state index in [1.807, 2.05) is 24.3 Å². The smallest absolute Gasteiger partial charge is 0.495 e.